The van der Waals surface area contributed by atoms with Gasteiger partial charge in [0.1, 0.15) is 5.75 Å². The summed E-state index contributed by atoms with van der Waals surface area (Å²) >= 11 is 0. The van der Waals surface area contributed by atoms with Gasteiger partial charge < -0.3 is 9.47 Å². The third-order valence-electron chi connectivity index (χ3n) is 3.34. The number of aromatic nitrogens is 3. The van der Waals surface area contributed by atoms with Crippen molar-refractivity contribution >= 4 is 0 Å². The summed E-state index contributed by atoms with van der Waals surface area (Å²) in [5.41, 5.74) is 3.08. The Kier molecular flexibility index (Phi) is 4.26. The Balaban J connectivity index is 2.51. The predicted octanol–water partition coefficient (Wildman–Crippen LogP) is 1.63. The first-order chi connectivity index (χ1) is 9.97. The first kappa shape index (κ1) is 15.0. The summed E-state index contributed by atoms with van der Waals surface area (Å²) in [5.74, 6) is 0.784. The van der Waals surface area contributed by atoms with Crippen molar-refractivity contribution < 1.29 is 9.47 Å². The van der Waals surface area contributed by atoms with Gasteiger partial charge in [0.2, 0.25) is 0 Å². The molecule has 112 valence electrons. The molecule has 0 aromatic carbocycles. The molecule has 0 saturated heterocycles. The zero-order chi connectivity index (χ0) is 15.6. The summed E-state index contributed by atoms with van der Waals surface area (Å²) in [7, 11) is 3.12. The lowest BCUT2D eigenvalue weighted by Gasteiger charge is -2.15. The standard InChI is InChI=1S/C15H19N3O3/c1-9-7-16-12(11(3)14(9)20-4)8-18-13(19)6-10(2)17-15(18)21-5/h6-7H,8H2,1-5H3. The van der Waals surface area contributed by atoms with Gasteiger partial charge in [-0.15, -0.1) is 0 Å². The maximum absolute atomic E-state index is 12.1. The predicted molar refractivity (Wildman–Crippen MR) is 79.2 cm³/mol. The summed E-state index contributed by atoms with van der Waals surface area (Å²) in [6.07, 6.45) is 1.74. The highest BCUT2D eigenvalue weighted by Gasteiger charge is 2.13. The fourth-order valence-electron chi connectivity index (χ4n) is 2.28. The van der Waals surface area contributed by atoms with Crippen LogP contribution in [0.1, 0.15) is 22.5 Å². The van der Waals surface area contributed by atoms with Crippen LogP contribution in [0, 0.1) is 20.8 Å². The molecule has 0 aliphatic rings. The Hall–Kier alpha value is -2.37. The van der Waals surface area contributed by atoms with E-state index in [9.17, 15) is 4.79 Å². The first-order valence-electron chi connectivity index (χ1n) is 6.59. The SMILES string of the molecule is COc1c(C)cnc(Cn2c(OC)nc(C)cc2=O)c1C. The topological polar surface area (TPSA) is 66.2 Å². The van der Waals surface area contributed by atoms with Crippen LogP contribution >= 0.6 is 0 Å². The molecule has 0 aliphatic carbocycles. The zero-order valence-electron chi connectivity index (χ0n) is 12.9. The Morgan fingerprint density at radius 3 is 2.52 bits per heavy atom. The highest BCUT2D eigenvalue weighted by Crippen LogP contribution is 2.24. The molecule has 6 nitrogen and oxygen atoms in total. The molecule has 0 saturated carbocycles. The van der Waals surface area contributed by atoms with Crippen molar-refractivity contribution in [2.45, 2.75) is 27.3 Å². The molecule has 0 unspecified atom stereocenters. The van der Waals surface area contributed by atoms with E-state index in [1.165, 1.54) is 17.7 Å². The second-order valence-corrected chi connectivity index (χ2v) is 4.85. The van der Waals surface area contributed by atoms with Gasteiger partial charge in [0.15, 0.2) is 0 Å². The van der Waals surface area contributed by atoms with E-state index in [4.69, 9.17) is 9.47 Å². The Morgan fingerprint density at radius 1 is 1.19 bits per heavy atom. The maximum atomic E-state index is 12.1. The zero-order valence-corrected chi connectivity index (χ0v) is 12.9. The minimum absolute atomic E-state index is 0.167. The van der Waals surface area contributed by atoms with Crippen LogP contribution < -0.4 is 15.0 Å². The van der Waals surface area contributed by atoms with E-state index in [0.29, 0.717) is 5.69 Å². The van der Waals surface area contributed by atoms with Crippen LogP contribution in [0.25, 0.3) is 0 Å². The second-order valence-electron chi connectivity index (χ2n) is 4.85. The van der Waals surface area contributed by atoms with Gasteiger partial charge in [-0.05, 0) is 20.8 Å². The number of hydrogen-bond donors (Lipinski definition) is 0. The summed E-state index contributed by atoms with van der Waals surface area (Å²) < 4.78 is 12.0. The van der Waals surface area contributed by atoms with E-state index in [1.54, 1.807) is 20.2 Å². The number of methoxy groups -OCH3 is 2. The first-order valence-corrected chi connectivity index (χ1v) is 6.59. The molecule has 2 aromatic rings. The molecule has 6 heteroatoms. The van der Waals surface area contributed by atoms with Crippen molar-refractivity contribution in [2.75, 3.05) is 14.2 Å². The number of pyridine rings is 1. The molecular formula is C15H19N3O3. The average Bonchev–Trinajstić information content (AvgIpc) is 2.44. The van der Waals surface area contributed by atoms with Crippen LogP contribution in [0.15, 0.2) is 17.1 Å². The molecule has 2 heterocycles. The van der Waals surface area contributed by atoms with Gasteiger partial charge >= 0.3 is 0 Å². The molecule has 0 fully saturated rings. The third-order valence-corrected chi connectivity index (χ3v) is 3.34. The quantitative estimate of drug-likeness (QED) is 0.856. The van der Waals surface area contributed by atoms with Crippen LogP contribution in [0.3, 0.4) is 0 Å². The number of hydrogen-bond acceptors (Lipinski definition) is 5. The molecule has 2 rings (SSSR count). The Labute approximate surface area is 123 Å². The van der Waals surface area contributed by atoms with E-state index in [-0.39, 0.29) is 18.1 Å². The highest BCUT2D eigenvalue weighted by atomic mass is 16.5. The van der Waals surface area contributed by atoms with Gasteiger partial charge in [-0.3, -0.25) is 14.3 Å². The lowest BCUT2D eigenvalue weighted by atomic mass is 10.1. The fraction of sp³-hybridized carbons (Fsp3) is 0.400. The van der Waals surface area contributed by atoms with Crippen LogP contribution in [0.2, 0.25) is 0 Å². The minimum Gasteiger partial charge on any atom is -0.496 e. The van der Waals surface area contributed by atoms with Gasteiger partial charge in [-0.2, -0.15) is 0 Å². The van der Waals surface area contributed by atoms with Crippen molar-refractivity contribution in [3.63, 3.8) is 0 Å². The summed E-state index contributed by atoms with van der Waals surface area (Å²) in [4.78, 5) is 20.8. The van der Waals surface area contributed by atoms with Crippen molar-refractivity contribution in [3.05, 3.63) is 45.1 Å². The van der Waals surface area contributed by atoms with Crippen LogP contribution in [0.5, 0.6) is 11.8 Å². The second kappa shape index (κ2) is 5.95. The summed E-state index contributed by atoms with van der Waals surface area (Å²) in [6.45, 7) is 5.90. The number of ether oxygens (including phenoxy) is 2. The lowest BCUT2D eigenvalue weighted by Crippen LogP contribution is -2.24. The molecule has 0 amide bonds. The normalized spacial score (nSPS) is 10.5. The number of nitrogens with zero attached hydrogens (tertiary/aromatic N) is 3. The van der Waals surface area contributed by atoms with Crippen LogP contribution in [-0.2, 0) is 6.54 Å². The van der Waals surface area contributed by atoms with E-state index in [0.717, 1.165) is 22.6 Å². The number of aryl methyl sites for hydroxylation is 2. The smallest absolute Gasteiger partial charge is 0.299 e. The van der Waals surface area contributed by atoms with Gasteiger partial charge in [0.05, 0.1) is 26.5 Å². The van der Waals surface area contributed by atoms with Gasteiger partial charge in [0, 0.05) is 29.1 Å². The maximum Gasteiger partial charge on any atom is 0.299 e. The summed E-state index contributed by atoms with van der Waals surface area (Å²) in [5, 5.41) is 0. The minimum atomic E-state index is -0.167. The molecule has 0 spiro atoms. The molecule has 0 aliphatic heterocycles. The van der Waals surface area contributed by atoms with E-state index >= 15 is 0 Å². The van der Waals surface area contributed by atoms with E-state index in [2.05, 4.69) is 9.97 Å². The lowest BCUT2D eigenvalue weighted by molar-refractivity contribution is 0.348. The molecule has 0 atom stereocenters. The van der Waals surface area contributed by atoms with Gasteiger partial charge in [-0.1, -0.05) is 0 Å². The van der Waals surface area contributed by atoms with E-state index < -0.39 is 0 Å². The van der Waals surface area contributed by atoms with Crippen LogP contribution in [0.4, 0.5) is 0 Å². The molecule has 0 bridgehead atoms. The highest BCUT2D eigenvalue weighted by molar-refractivity contribution is 5.41. The molecular weight excluding hydrogens is 270 g/mol. The monoisotopic (exact) mass is 289 g/mol. The number of rotatable bonds is 4. The molecule has 2 aromatic heterocycles. The third kappa shape index (κ3) is 2.89. The van der Waals surface area contributed by atoms with Gasteiger partial charge in [0.25, 0.3) is 11.6 Å². The van der Waals surface area contributed by atoms with Crippen molar-refractivity contribution in [2.24, 2.45) is 0 Å². The average molecular weight is 289 g/mol. The van der Waals surface area contributed by atoms with Crippen molar-refractivity contribution in [1.82, 2.24) is 14.5 Å². The van der Waals surface area contributed by atoms with Crippen LogP contribution in [-0.4, -0.2) is 28.8 Å². The Bertz CT molecular complexity index is 723. The largest absolute Gasteiger partial charge is 0.496 e. The molecule has 21 heavy (non-hydrogen) atoms. The Morgan fingerprint density at radius 2 is 1.90 bits per heavy atom. The fourth-order valence-corrected chi connectivity index (χ4v) is 2.28. The summed E-state index contributed by atoms with van der Waals surface area (Å²) in [6, 6.07) is 1.75. The van der Waals surface area contributed by atoms with Crippen molar-refractivity contribution in [3.8, 4) is 11.8 Å². The van der Waals surface area contributed by atoms with E-state index in [1.807, 2.05) is 13.8 Å². The van der Waals surface area contributed by atoms with Gasteiger partial charge in [-0.25, -0.2) is 4.98 Å². The van der Waals surface area contributed by atoms with Crippen molar-refractivity contribution in [1.29, 1.82) is 0 Å². The molecule has 0 radical (unpaired) electrons. The molecule has 0 N–H and O–H groups in total.